The Morgan fingerprint density at radius 2 is 2.16 bits per heavy atom. The summed E-state index contributed by atoms with van der Waals surface area (Å²) in [7, 11) is 0. The standard InChI is InChI=1S/C15H23NO3/c1-12(17)8-10-19-13-7-5-6-9-15(4,11-13)14(2,3)16-18/h5-7,9,11-12,17H,8,10H2,1-4H3. The first-order valence-corrected chi connectivity index (χ1v) is 6.55. The normalized spacial score (nSPS) is 24.6. The summed E-state index contributed by atoms with van der Waals surface area (Å²) >= 11 is 0. The average molecular weight is 265 g/mol. The average Bonchev–Trinajstić information content (AvgIpc) is 2.52. The van der Waals surface area contributed by atoms with E-state index in [1.807, 2.05) is 37.3 Å². The molecule has 1 rings (SSSR count). The van der Waals surface area contributed by atoms with Gasteiger partial charge in [-0.25, -0.2) is 0 Å². The SMILES string of the molecule is CC(O)CCOC1=CC(C)(C(C)(C)N=O)C=CC=C1. The largest absolute Gasteiger partial charge is 0.494 e. The monoisotopic (exact) mass is 265 g/mol. The van der Waals surface area contributed by atoms with Crippen molar-refractivity contribution in [3.8, 4) is 0 Å². The van der Waals surface area contributed by atoms with E-state index in [1.54, 1.807) is 20.8 Å². The van der Waals surface area contributed by atoms with Crippen LogP contribution >= 0.6 is 0 Å². The molecule has 4 heteroatoms. The van der Waals surface area contributed by atoms with Gasteiger partial charge in [-0.05, 0) is 39.8 Å². The maximum Gasteiger partial charge on any atom is 0.116 e. The van der Waals surface area contributed by atoms with Crippen molar-refractivity contribution in [3.63, 3.8) is 0 Å². The molecule has 1 aliphatic rings. The van der Waals surface area contributed by atoms with E-state index in [0.29, 0.717) is 18.8 Å². The lowest BCUT2D eigenvalue weighted by Crippen LogP contribution is -2.36. The Morgan fingerprint density at radius 1 is 1.47 bits per heavy atom. The third-order valence-electron chi connectivity index (χ3n) is 3.61. The summed E-state index contributed by atoms with van der Waals surface area (Å²) in [6.45, 7) is 7.74. The van der Waals surface area contributed by atoms with Gasteiger partial charge in [-0.3, -0.25) is 0 Å². The summed E-state index contributed by atoms with van der Waals surface area (Å²) in [6, 6.07) is 0. The van der Waals surface area contributed by atoms with Crippen LogP contribution in [0, 0.1) is 10.3 Å². The minimum Gasteiger partial charge on any atom is -0.494 e. The van der Waals surface area contributed by atoms with Crippen LogP contribution in [0.3, 0.4) is 0 Å². The van der Waals surface area contributed by atoms with Crippen molar-refractivity contribution in [2.24, 2.45) is 10.6 Å². The molecule has 1 N–H and O–H groups in total. The molecule has 0 aromatic carbocycles. The Kier molecular flexibility index (Phi) is 5.06. The van der Waals surface area contributed by atoms with Crippen LogP contribution in [0.15, 0.2) is 41.3 Å². The molecule has 0 saturated heterocycles. The summed E-state index contributed by atoms with van der Waals surface area (Å²) in [6.07, 6.45) is 9.68. The third-order valence-corrected chi connectivity index (χ3v) is 3.61. The van der Waals surface area contributed by atoms with Gasteiger partial charge >= 0.3 is 0 Å². The van der Waals surface area contributed by atoms with Crippen molar-refractivity contribution >= 4 is 0 Å². The van der Waals surface area contributed by atoms with Gasteiger partial charge in [0.15, 0.2) is 0 Å². The zero-order valence-electron chi connectivity index (χ0n) is 12.1. The molecule has 19 heavy (non-hydrogen) atoms. The Balaban J connectivity index is 2.87. The van der Waals surface area contributed by atoms with Gasteiger partial charge in [0.2, 0.25) is 0 Å². The lowest BCUT2D eigenvalue weighted by molar-refractivity contribution is 0.130. The van der Waals surface area contributed by atoms with Gasteiger partial charge in [-0.15, -0.1) is 0 Å². The van der Waals surface area contributed by atoms with Gasteiger partial charge in [-0.1, -0.05) is 23.4 Å². The van der Waals surface area contributed by atoms with Gasteiger partial charge < -0.3 is 9.84 Å². The maximum absolute atomic E-state index is 11.0. The smallest absolute Gasteiger partial charge is 0.116 e. The lowest BCUT2D eigenvalue weighted by Gasteiger charge is -2.34. The first kappa shape index (κ1) is 15.6. The van der Waals surface area contributed by atoms with E-state index in [4.69, 9.17) is 4.74 Å². The molecule has 1 aliphatic carbocycles. The number of nitroso groups, excluding NO2 is 1. The van der Waals surface area contributed by atoms with Crippen LogP contribution in [0.25, 0.3) is 0 Å². The topological polar surface area (TPSA) is 58.9 Å². The predicted molar refractivity (Wildman–Crippen MR) is 76.6 cm³/mol. The number of aliphatic hydroxyl groups excluding tert-OH is 1. The molecule has 2 unspecified atom stereocenters. The van der Waals surface area contributed by atoms with Crippen LogP contribution in [-0.4, -0.2) is 23.4 Å². The van der Waals surface area contributed by atoms with E-state index >= 15 is 0 Å². The zero-order valence-corrected chi connectivity index (χ0v) is 12.1. The Hall–Kier alpha value is -1.42. The van der Waals surface area contributed by atoms with E-state index < -0.39 is 11.0 Å². The van der Waals surface area contributed by atoms with Crippen molar-refractivity contribution < 1.29 is 9.84 Å². The molecule has 106 valence electrons. The van der Waals surface area contributed by atoms with Crippen LogP contribution in [0.5, 0.6) is 0 Å². The molecule has 0 bridgehead atoms. The van der Waals surface area contributed by atoms with Crippen molar-refractivity contribution in [1.82, 2.24) is 0 Å². The van der Waals surface area contributed by atoms with E-state index in [0.717, 1.165) is 0 Å². The Bertz CT molecular complexity index is 408. The summed E-state index contributed by atoms with van der Waals surface area (Å²) in [5, 5.41) is 12.5. The number of nitrogens with zero attached hydrogens (tertiary/aromatic N) is 1. The molecule has 4 nitrogen and oxygen atoms in total. The number of allylic oxidation sites excluding steroid dienone is 3. The summed E-state index contributed by atoms with van der Waals surface area (Å²) in [5.74, 6) is 0.699. The van der Waals surface area contributed by atoms with E-state index in [2.05, 4.69) is 5.18 Å². The fourth-order valence-electron chi connectivity index (χ4n) is 1.71. The number of aliphatic hydroxyl groups is 1. The van der Waals surface area contributed by atoms with Crippen LogP contribution in [0.2, 0.25) is 0 Å². The summed E-state index contributed by atoms with van der Waals surface area (Å²) in [4.78, 5) is 11.0. The molecule has 0 heterocycles. The molecule has 0 aromatic heterocycles. The van der Waals surface area contributed by atoms with Crippen molar-refractivity contribution in [2.75, 3.05) is 6.61 Å². The highest BCUT2D eigenvalue weighted by molar-refractivity contribution is 5.31. The minimum atomic E-state index is -0.756. The summed E-state index contributed by atoms with van der Waals surface area (Å²) in [5.41, 5.74) is -1.26. The molecule has 0 radical (unpaired) electrons. The number of hydrogen-bond acceptors (Lipinski definition) is 4. The van der Waals surface area contributed by atoms with Crippen molar-refractivity contribution in [1.29, 1.82) is 0 Å². The molecule has 0 aromatic rings. The first-order chi connectivity index (χ1) is 8.81. The molecule has 0 spiro atoms. The second-order valence-electron chi connectivity index (χ2n) is 5.68. The second-order valence-corrected chi connectivity index (χ2v) is 5.68. The molecule has 0 aliphatic heterocycles. The summed E-state index contributed by atoms with van der Waals surface area (Å²) < 4.78 is 5.64. The highest BCUT2D eigenvalue weighted by Crippen LogP contribution is 2.39. The van der Waals surface area contributed by atoms with Crippen molar-refractivity contribution in [3.05, 3.63) is 41.0 Å². The van der Waals surface area contributed by atoms with Crippen LogP contribution < -0.4 is 0 Å². The zero-order chi connectivity index (χ0) is 14.5. The number of ether oxygens (including phenoxy) is 1. The Labute approximate surface area is 114 Å². The molecular formula is C15H23NO3. The fourth-order valence-corrected chi connectivity index (χ4v) is 1.71. The highest BCUT2D eigenvalue weighted by Gasteiger charge is 2.39. The van der Waals surface area contributed by atoms with Gasteiger partial charge in [0.1, 0.15) is 11.3 Å². The number of rotatable bonds is 6. The lowest BCUT2D eigenvalue weighted by atomic mass is 9.73. The van der Waals surface area contributed by atoms with Crippen LogP contribution in [0.4, 0.5) is 0 Å². The molecule has 0 saturated carbocycles. The van der Waals surface area contributed by atoms with Crippen LogP contribution in [-0.2, 0) is 4.74 Å². The van der Waals surface area contributed by atoms with Gasteiger partial charge in [0.25, 0.3) is 0 Å². The minimum absolute atomic E-state index is 0.382. The molecule has 2 atom stereocenters. The first-order valence-electron chi connectivity index (χ1n) is 6.55. The van der Waals surface area contributed by atoms with E-state index in [1.165, 1.54) is 0 Å². The van der Waals surface area contributed by atoms with Crippen LogP contribution in [0.1, 0.15) is 34.1 Å². The second kappa shape index (κ2) is 6.15. The maximum atomic E-state index is 11.0. The fraction of sp³-hybridized carbons (Fsp3) is 0.600. The van der Waals surface area contributed by atoms with E-state index in [-0.39, 0.29) is 6.10 Å². The predicted octanol–water partition coefficient (Wildman–Crippen LogP) is 3.34. The van der Waals surface area contributed by atoms with E-state index in [9.17, 15) is 10.0 Å². The molecule has 0 fully saturated rings. The van der Waals surface area contributed by atoms with Gasteiger partial charge in [0.05, 0.1) is 12.7 Å². The quantitative estimate of drug-likeness (QED) is 0.749. The Morgan fingerprint density at radius 3 is 2.74 bits per heavy atom. The highest BCUT2D eigenvalue weighted by atomic mass is 16.5. The van der Waals surface area contributed by atoms with Crippen molar-refractivity contribution in [2.45, 2.75) is 45.8 Å². The third kappa shape index (κ3) is 4.03. The number of hydrogen-bond donors (Lipinski definition) is 1. The van der Waals surface area contributed by atoms with Gasteiger partial charge in [-0.2, -0.15) is 4.91 Å². The van der Waals surface area contributed by atoms with Gasteiger partial charge in [0, 0.05) is 11.8 Å². The molecular weight excluding hydrogens is 242 g/mol. The molecule has 0 amide bonds.